The van der Waals surface area contributed by atoms with Crippen molar-refractivity contribution in [2.24, 2.45) is 0 Å². The Kier molecular flexibility index (Phi) is 6.71. The second-order valence-corrected chi connectivity index (χ2v) is 8.41. The monoisotopic (exact) mass is 439 g/mol. The number of ether oxygens (including phenoxy) is 1. The van der Waals surface area contributed by atoms with Gasteiger partial charge in [0.05, 0.1) is 19.2 Å². The van der Waals surface area contributed by atoms with Crippen LogP contribution >= 0.6 is 11.3 Å². The van der Waals surface area contributed by atoms with Gasteiger partial charge in [0.2, 0.25) is 0 Å². The summed E-state index contributed by atoms with van der Waals surface area (Å²) < 4.78 is 4.99. The van der Waals surface area contributed by atoms with Gasteiger partial charge in [0.25, 0.3) is 0 Å². The Morgan fingerprint density at radius 2 is 2.03 bits per heavy atom. The van der Waals surface area contributed by atoms with E-state index in [2.05, 4.69) is 27.4 Å². The van der Waals surface area contributed by atoms with Gasteiger partial charge in [-0.15, -0.1) is 11.3 Å². The minimum absolute atomic E-state index is 0.0608. The molecule has 4 rings (SSSR count). The van der Waals surface area contributed by atoms with E-state index in [1.807, 2.05) is 5.38 Å². The first-order valence-corrected chi connectivity index (χ1v) is 11.2. The lowest BCUT2D eigenvalue weighted by atomic mass is 9.99. The molecule has 0 unspecified atom stereocenters. The molecule has 0 saturated heterocycles. The summed E-state index contributed by atoms with van der Waals surface area (Å²) in [6.07, 6.45) is 8.04. The standard InChI is InChI=1S/C22H25N5O3S/c1-30-22-24-11-15(12-25-22)18(10-19(28)29)21-27-17(13-31-21)6-2-5-16-8-7-14-4-3-9-23-20(14)26-16/h7-8,11-13,18H,2-6,9-10H2,1H3,(H,23,26)(H,28,29)/t18-/m1/s1. The maximum Gasteiger partial charge on any atom is 0.316 e. The molecule has 0 aromatic carbocycles. The van der Waals surface area contributed by atoms with Crippen molar-refractivity contribution >= 4 is 23.1 Å². The number of methoxy groups -OCH3 is 1. The van der Waals surface area contributed by atoms with Gasteiger partial charge >= 0.3 is 12.0 Å². The molecular formula is C22H25N5O3S. The highest BCUT2D eigenvalue weighted by Crippen LogP contribution is 2.30. The molecule has 1 atom stereocenters. The summed E-state index contributed by atoms with van der Waals surface area (Å²) >= 11 is 1.48. The van der Waals surface area contributed by atoms with Crippen molar-refractivity contribution in [2.45, 2.75) is 44.4 Å². The minimum Gasteiger partial charge on any atom is -0.481 e. The van der Waals surface area contributed by atoms with Crippen molar-refractivity contribution < 1.29 is 14.6 Å². The number of thiazole rings is 1. The van der Waals surface area contributed by atoms with Crippen molar-refractivity contribution in [3.05, 3.63) is 57.4 Å². The molecular weight excluding hydrogens is 414 g/mol. The number of nitrogens with one attached hydrogen (secondary N) is 1. The first-order chi connectivity index (χ1) is 15.1. The predicted molar refractivity (Wildman–Crippen MR) is 118 cm³/mol. The van der Waals surface area contributed by atoms with Crippen LogP contribution < -0.4 is 10.1 Å². The Balaban J connectivity index is 1.40. The number of aromatic nitrogens is 4. The van der Waals surface area contributed by atoms with Gasteiger partial charge in [-0.2, -0.15) is 0 Å². The fraction of sp³-hybridized carbons (Fsp3) is 0.409. The zero-order valence-corrected chi connectivity index (χ0v) is 18.2. The average Bonchev–Trinajstić information content (AvgIpc) is 3.26. The highest BCUT2D eigenvalue weighted by molar-refractivity contribution is 7.09. The lowest BCUT2D eigenvalue weighted by molar-refractivity contribution is -0.137. The number of carboxylic acids is 1. The van der Waals surface area contributed by atoms with Crippen LogP contribution in [0.4, 0.5) is 5.82 Å². The van der Waals surface area contributed by atoms with Gasteiger partial charge in [-0.05, 0) is 49.3 Å². The van der Waals surface area contributed by atoms with Crippen molar-refractivity contribution in [1.82, 2.24) is 19.9 Å². The molecule has 8 nitrogen and oxygen atoms in total. The summed E-state index contributed by atoms with van der Waals surface area (Å²) in [5, 5.41) is 15.5. The number of anilines is 1. The van der Waals surface area contributed by atoms with Crippen LogP contribution in [-0.2, 0) is 24.1 Å². The molecule has 9 heteroatoms. The van der Waals surface area contributed by atoms with Crippen LogP contribution in [0.3, 0.4) is 0 Å². The number of rotatable bonds is 9. The lowest BCUT2D eigenvalue weighted by Gasteiger charge is -2.17. The van der Waals surface area contributed by atoms with Crippen molar-refractivity contribution in [3.8, 4) is 6.01 Å². The number of hydrogen-bond acceptors (Lipinski definition) is 8. The molecule has 4 heterocycles. The second-order valence-electron chi connectivity index (χ2n) is 7.52. The maximum atomic E-state index is 11.4. The van der Waals surface area contributed by atoms with Gasteiger partial charge < -0.3 is 15.2 Å². The molecule has 2 N–H and O–H groups in total. The third kappa shape index (κ3) is 5.35. The summed E-state index contributed by atoms with van der Waals surface area (Å²) in [4.78, 5) is 29.1. The fourth-order valence-corrected chi connectivity index (χ4v) is 4.67. The molecule has 0 radical (unpaired) electrons. The first kappa shape index (κ1) is 21.2. The molecule has 0 bridgehead atoms. The molecule has 31 heavy (non-hydrogen) atoms. The fourth-order valence-electron chi connectivity index (χ4n) is 3.69. The second kappa shape index (κ2) is 9.82. The van der Waals surface area contributed by atoms with E-state index in [1.165, 1.54) is 24.0 Å². The summed E-state index contributed by atoms with van der Waals surface area (Å²) in [6, 6.07) is 4.55. The quantitative estimate of drug-likeness (QED) is 0.521. The number of aliphatic carboxylic acids is 1. The van der Waals surface area contributed by atoms with Crippen molar-refractivity contribution in [3.63, 3.8) is 0 Å². The van der Waals surface area contributed by atoms with Gasteiger partial charge in [-0.25, -0.2) is 19.9 Å². The smallest absolute Gasteiger partial charge is 0.316 e. The Bertz CT molecular complexity index is 1040. The van der Waals surface area contributed by atoms with E-state index in [4.69, 9.17) is 14.7 Å². The summed E-state index contributed by atoms with van der Waals surface area (Å²) in [6.45, 7) is 0.988. The Morgan fingerprint density at radius 3 is 2.81 bits per heavy atom. The first-order valence-electron chi connectivity index (χ1n) is 10.4. The van der Waals surface area contributed by atoms with Crippen molar-refractivity contribution in [2.75, 3.05) is 19.0 Å². The zero-order valence-electron chi connectivity index (χ0n) is 17.4. The molecule has 1 aliphatic rings. The van der Waals surface area contributed by atoms with E-state index >= 15 is 0 Å². The maximum absolute atomic E-state index is 11.4. The molecule has 0 fully saturated rings. The predicted octanol–water partition coefficient (Wildman–Crippen LogP) is 3.48. The van der Waals surface area contributed by atoms with Crippen LogP contribution in [0, 0.1) is 0 Å². The molecule has 1 aliphatic heterocycles. The molecule has 0 aliphatic carbocycles. The third-order valence-corrected chi connectivity index (χ3v) is 6.30. The highest BCUT2D eigenvalue weighted by atomic mass is 32.1. The SMILES string of the molecule is COc1ncc([C@@H](CC(=O)O)c2nc(CCCc3ccc4c(n3)NCCC4)cs2)cn1. The van der Waals surface area contributed by atoms with Crippen LogP contribution in [0.15, 0.2) is 29.9 Å². The Labute approximate surface area is 184 Å². The average molecular weight is 440 g/mol. The van der Waals surface area contributed by atoms with Gasteiger partial charge in [0, 0.05) is 35.9 Å². The molecule has 0 spiro atoms. The number of aryl methyl sites for hydroxylation is 3. The van der Waals surface area contributed by atoms with E-state index in [1.54, 1.807) is 12.4 Å². The van der Waals surface area contributed by atoms with Crippen LogP contribution in [0.5, 0.6) is 6.01 Å². The van der Waals surface area contributed by atoms with Crippen LogP contribution in [-0.4, -0.2) is 44.7 Å². The largest absolute Gasteiger partial charge is 0.481 e. The molecule has 0 amide bonds. The van der Waals surface area contributed by atoms with E-state index in [0.29, 0.717) is 0 Å². The van der Waals surface area contributed by atoms with E-state index in [0.717, 1.165) is 66.4 Å². The normalized spacial score (nSPS) is 13.8. The van der Waals surface area contributed by atoms with Crippen molar-refractivity contribution in [1.29, 1.82) is 0 Å². The number of carbonyl (C=O) groups is 1. The topological polar surface area (TPSA) is 110 Å². The van der Waals surface area contributed by atoms with E-state index < -0.39 is 5.97 Å². The summed E-state index contributed by atoms with van der Waals surface area (Å²) in [7, 11) is 1.49. The van der Waals surface area contributed by atoms with E-state index in [-0.39, 0.29) is 18.3 Å². The van der Waals surface area contributed by atoms with Crippen LogP contribution in [0.1, 0.15) is 52.7 Å². The van der Waals surface area contributed by atoms with E-state index in [9.17, 15) is 9.90 Å². The lowest BCUT2D eigenvalue weighted by Crippen LogP contribution is -2.14. The van der Waals surface area contributed by atoms with Crippen LogP contribution in [0.25, 0.3) is 0 Å². The molecule has 162 valence electrons. The van der Waals surface area contributed by atoms with Crippen LogP contribution in [0.2, 0.25) is 0 Å². The Morgan fingerprint density at radius 1 is 1.23 bits per heavy atom. The van der Waals surface area contributed by atoms with Gasteiger partial charge in [0.1, 0.15) is 10.8 Å². The summed E-state index contributed by atoms with van der Waals surface area (Å²) in [5.74, 6) is -0.238. The number of carboxylic acid groups (broad SMARTS) is 1. The number of nitrogens with zero attached hydrogens (tertiary/aromatic N) is 4. The highest BCUT2D eigenvalue weighted by Gasteiger charge is 2.22. The number of pyridine rings is 1. The zero-order chi connectivity index (χ0) is 21.6. The minimum atomic E-state index is -0.885. The molecule has 3 aromatic heterocycles. The third-order valence-electron chi connectivity index (χ3n) is 5.30. The number of hydrogen-bond donors (Lipinski definition) is 2. The number of fused-ring (bicyclic) bond motifs is 1. The van der Waals surface area contributed by atoms with Gasteiger partial charge in [0.15, 0.2) is 0 Å². The van der Waals surface area contributed by atoms with Gasteiger partial charge in [-0.3, -0.25) is 4.79 Å². The molecule has 3 aromatic rings. The van der Waals surface area contributed by atoms with Gasteiger partial charge in [-0.1, -0.05) is 6.07 Å². The Hall–Kier alpha value is -3.07. The summed E-state index contributed by atoms with van der Waals surface area (Å²) in [5.41, 5.74) is 4.07. The molecule has 0 saturated carbocycles.